The minimum absolute atomic E-state index is 0.0373. The molecule has 2 aromatic heterocycles. The Bertz CT molecular complexity index is 1590. The quantitative estimate of drug-likeness (QED) is 0.338. The number of fused-ring (bicyclic) bond motifs is 2. The molecule has 0 unspecified atom stereocenters. The summed E-state index contributed by atoms with van der Waals surface area (Å²) in [6, 6.07) is 9.18. The lowest BCUT2D eigenvalue weighted by atomic mass is 9.86. The SMILES string of the molecule is COC1(c2cccnc2)CN(C(=O)[C@@H]2CC[C@@H]3CCCC[C@H](NC(=O)c4cc5cc(CP(=O)(O)O)ccc5s4)C(=O)N32)C1. The summed E-state index contributed by atoms with van der Waals surface area (Å²) in [5.41, 5.74) is 0.789. The van der Waals surface area contributed by atoms with E-state index in [4.69, 9.17) is 4.74 Å². The third-order valence-electron chi connectivity index (χ3n) is 8.90. The highest BCUT2D eigenvalue weighted by molar-refractivity contribution is 7.50. The van der Waals surface area contributed by atoms with Crippen molar-refractivity contribution in [3.05, 3.63) is 64.8 Å². The number of carbonyl (C=O) groups excluding carboxylic acids is 3. The second kappa shape index (κ2) is 11.7. The first-order valence-electron chi connectivity index (χ1n) is 14.5. The van der Waals surface area contributed by atoms with Crippen LogP contribution in [-0.4, -0.2) is 80.6 Å². The van der Waals surface area contributed by atoms with Gasteiger partial charge in [0.2, 0.25) is 11.8 Å². The van der Waals surface area contributed by atoms with Crippen molar-refractivity contribution in [1.82, 2.24) is 20.1 Å². The lowest BCUT2D eigenvalue weighted by Gasteiger charge is -2.50. The number of ether oxygens (including phenoxy) is 1. The molecule has 3 aliphatic heterocycles. The maximum absolute atomic E-state index is 14.0. The van der Waals surface area contributed by atoms with Crippen LogP contribution in [0.2, 0.25) is 0 Å². The van der Waals surface area contributed by atoms with Crippen LogP contribution in [0.25, 0.3) is 10.1 Å². The van der Waals surface area contributed by atoms with E-state index in [0.717, 1.165) is 35.9 Å². The van der Waals surface area contributed by atoms with Gasteiger partial charge in [-0.15, -0.1) is 11.3 Å². The maximum atomic E-state index is 14.0. The van der Waals surface area contributed by atoms with Gasteiger partial charge in [0.05, 0.1) is 24.1 Å². The van der Waals surface area contributed by atoms with E-state index in [0.29, 0.717) is 41.8 Å². The van der Waals surface area contributed by atoms with Crippen molar-refractivity contribution in [2.45, 2.75) is 68.4 Å². The van der Waals surface area contributed by atoms with Crippen LogP contribution >= 0.6 is 18.9 Å². The van der Waals surface area contributed by atoms with Gasteiger partial charge in [-0.3, -0.25) is 23.9 Å². The van der Waals surface area contributed by atoms with E-state index in [-0.39, 0.29) is 29.9 Å². The number of nitrogens with zero attached hydrogens (tertiary/aromatic N) is 3. The monoisotopic (exact) mass is 626 g/mol. The summed E-state index contributed by atoms with van der Waals surface area (Å²) in [7, 11) is -2.59. The molecule has 3 atom stereocenters. The van der Waals surface area contributed by atoms with Gasteiger partial charge in [0.1, 0.15) is 17.7 Å². The number of hydrogen-bond acceptors (Lipinski definition) is 7. The van der Waals surface area contributed by atoms with Gasteiger partial charge in [0.25, 0.3) is 5.91 Å². The molecule has 3 aliphatic rings. The van der Waals surface area contributed by atoms with Gasteiger partial charge in [-0.25, -0.2) is 0 Å². The Morgan fingerprint density at radius 1 is 1.14 bits per heavy atom. The summed E-state index contributed by atoms with van der Waals surface area (Å²) in [5.74, 6) is -0.683. The molecule has 228 valence electrons. The van der Waals surface area contributed by atoms with Gasteiger partial charge in [-0.05, 0) is 60.9 Å². The number of pyridine rings is 1. The molecule has 3 amide bonds. The fourth-order valence-corrected chi connectivity index (χ4v) is 8.30. The Labute approximate surface area is 253 Å². The van der Waals surface area contributed by atoms with E-state index in [1.807, 2.05) is 12.1 Å². The molecule has 6 rings (SSSR count). The van der Waals surface area contributed by atoms with Crippen molar-refractivity contribution in [3.8, 4) is 0 Å². The largest absolute Gasteiger partial charge is 0.370 e. The predicted octanol–water partition coefficient (Wildman–Crippen LogP) is 3.39. The van der Waals surface area contributed by atoms with Crippen LogP contribution in [0.15, 0.2) is 48.8 Å². The summed E-state index contributed by atoms with van der Waals surface area (Å²) in [6.07, 6.45) is 7.45. The molecule has 0 aliphatic carbocycles. The third-order valence-corrected chi connectivity index (χ3v) is 10.8. The second-order valence-corrected chi connectivity index (χ2v) is 14.5. The number of amides is 3. The zero-order chi connectivity index (χ0) is 30.4. The molecule has 0 saturated carbocycles. The van der Waals surface area contributed by atoms with Crippen LogP contribution in [0.4, 0.5) is 0 Å². The van der Waals surface area contributed by atoms with E-state index in [9.17, 15) is 28.7 Å². The van der Waals surface area contributed by atoms with E-state index >= 15 is 0 Å². The minimum atomic E-state index is -4.22. The summed E-state index contributed by atoms with van der Waals surface area (Å²) in [6.45, 7) is 0.776. The molecule has 3 saturated heterocycles. The molecule has 11 nitrogen and oxygen atoms in total. The van der Waals surface area contributed by atoms with Gasteiger partial charge >= 0.3 is 7.60 Å². The summed E-state index contributed by atoms with van der Waals surface area (Å²) >= 11 is 1.26. The molecular weight excluding hydrogens is 591 g/mol. The number of rotatable bonds is 7. The Hall–Kier alpha value is -3.15. The first kappa shape index (κ1) is 29.9. The molecule has 43 heavy (non-hydrogen) atoms. The molecule has 13 heteroatoms. The zero-order valence-electron chi connectivity index (χ0n) is 23.8. The Kier molecular flexibility index (Phi) is 8.16. The average molecular weight is 627 g/mol. The van der Waals surface area contributed by atoms with Crippen LogP contribution in [0.3, 0.4) is 0 Å². The van der Waals surface area contributed by atoms with Crippen molar-refractivity contribution < 1.29 is 33.5 Å². The first-order chi connectivity index (χ1) is 20.6. The smallest absolute Gasteiger partial charge is 0.329 e. The van der Waals surface area contributed by atoms with Gasteiger partial charge in [-0.1, -0.05) is 25.0 Å². The second-order valence-electron chi connectivity index (χ2n) is 11.7. The molecule has 0 radical (unpaired) electrons. The maximum Gasteiger partial charge on any atom is 0.329 e. The molecule has 0 spiro atoms. The fraction of sp³-hybridized carbons (Fsp3) is 0.467. The molecule has 5 heterocycles. The van der Waals surface area contributed by atoms with Crippen molar-refractivity contribution >= 4 is 46.7 Å². The number of benzene rings is 1. The van der Waals surface area contributed by atoms with Gasteiger partial charge in [-0.2, -0.15) is 0 Å². The highest BCUT2D eigenvalue weighted by Gasteiger charge is 2.52. The minimum Gasteiger partial charge on any atom is -0.370 e. The topological polar surface area (TPSA) is 149 Å². The van der Waals surface area contributed by atoms with Crippen LogP contribution in [0.1, 0.15) is 59.3 Å². The van der Waals surface area contributed by atoms with Crippen LogP contribution in [-0.2, 0) is 30.7 Å². The lowest BCUT2D eigenvalue weighted by Crippen LogP contribution is -2.66. The van der Waals surface area contributed by atoms with Crippen LogP contribution in [0.5, 0.6) is 0 Å². The zero-order valence-corrected chi connectivity index (χ0v) is 25.6. The van der Waals surface area contributed by atoms with Crippen LogP contribution < -0.4 is 5.32 Å². The highest BCUT2D eigenvalue weighted by atomic mass is 32.1. The number of methoxy groups -OCH3 is 1. The normalized spacial score (nSPS) is 23.8. The number of hydrogen-bond donors (Lipinski definition) is 3. The summed E-state index contributed by atoms with van der Waals surface area (Å²) in [4.78, 5) is 67.8. The van der Waals surface area contributed by atoms with Gasteiger partial charge < -0.3 is 29.6 Å². The van der Waals surface area contributed by atoms with Crippen molar-refractivity contribution in [2.75, 3.05) is 20.2 Å². The number of aromatic nitrogens is 1. The Morgan fingerprint density at radius 3 is 2.65 bits per heavy atom. The fourth-order valence-electron chi connectivity index (χ4n) is 6.68. The average Bonchev–Trinajstić information content (AvgIpc) is 3.57. The number of likely N-dealkylation sites (tertiary alicyclic amines) is 1. The van der Waals surface area contributed by atoms with E-state index in [1.54, 1.807) is 53.6 Å². The molecule has 3 fully saturated rings. The first-order valence-corrected chi connectivity index (χ1v) is 17.1. The third kappa shape index (κ3) is 5.99. The van der Waals surface area contributed by atoms with Crippen LogP contribution in [0, 0.1) is 0 Å². The highest BCUT2D eigenvalue weighted by Crippen LogP contribution is 2.41. The standard InChI is InChI=1S/C30H35N4O7PS/c1-41-30(21-5-4-12-31-15-21)17-33(18-30)29(37)24-10-9-22-6-2-3-7-23(28(36)34(22)24)32-27(35)26-14-20-13-19(16-42(38,39)40)8-11-25(20)43-26/h4-5,8,11-15,22-24H,2-3,6-7,9-10,16-18H2,1H3,(H,32,35)(H2,38,39,40)/t22-,23-,24-/m0/s1. The number of nitrogens with one attached hydrogen (secondary N) is 1. The molecule has 1 aromatic carbocycles. The molecule has 3 N–H and O–H groups in total. The van der Waals surface area contributed by atoms with E-state index in [2.05, 4.69) is 10.3 Å². The Balaban J connectivity index is 1.16. The van der Waals surface area contributed by atoms with Crippen molar-refractivity contribution in [3.63, 3.8) is 0 Å². The summed E-state index contributed by atoms with van der Waals surface area (Å²) in [5, 5.41) is 3.65. The number of thiophene rings is 1. The molecular formula is C30H35N4O7PS. The molecule has 0 bridgehead atoms. The predicted molar refractivity (Wildman–Crippen MR) is 160 cm³/mol. The van der Waals surface area contributed by atoms with E-state index in [1.165, 1.54) is 11.3 Å². The Morgan fingerprint density at radius 2 is 1.93 bits per heavy atom. The summed E-state index contributed by atoms with van der Waals surface area (Å²) < 4.78 is 18.1. The van der Waals surface area contributed by atoms with E-state index < -0.39 is 25.3 Å². The van der Waals surface area contributed by atoms with Gasteiger partial charge in [0, 0.05) is 35.8 Å². The van der Waals surface area contributed by atoms with Crippen molar-refractivity contribution in [2.24, 2.45) is 0 Å². The molecule has 3 aromatic rings. The van der Waals surface area contributed by atoms with Crippen molar-refractivity contribution in [1.29, 1.82) is 0 Å². The number of carbonyl (C=O) groups is 3. The lowest BCUT2D eigenvalue weighted by molar-refractivity contribution is -0.171. The van der Waals surface area contributed by atoms with Gasteiger partial charge in [0.15, 0.2) is 0 Å².